The minimum atomic E-state index is -5.12. The lowest BCUT2D eigenvalue weighted by Crippen LogP contribution is -2.31. The Balaban J connectivity index is 2.77. The van der Waals surface area contributed by atoms with E-state index in [0.29, 0.717) is 6.08 Å². The number of hydrogen-bond acceptors (Lipinski definition) is 3. The molecule has 0 aliphatic heterocycles. The molecule has 0 saturated heterocycles. The van der Waals surface area contributed by atoms with Crippen LogP contribution in [0.4, 0.5) is 26.3 Å². The Kier molecular flexibility index (Phi) is 10.3. The summed E-state index contributed by atoms with van der Waals surface area (Å²) in [4.78, 5) is 23.9. The quantitative estimate of drug-likeness (QED) is 0.239. The van der Waals surface area contributed by atoms with Crippen molar-refractivity contribution in [2.45, 2.75) is 31.2 Å². The van der Waals surface area contributed by atoms with Crippen molar-refractivity contribution in [1.29, 1.82) is 0 Å². The fourth-order valence-corrected chi connectivity index (χ4v) is 4.57. The molecule has 0 heterocycles. The molecule has 2 rings (SSSR count). The maximum absolute atomic E-state index is 14.1. The lowest BCUT2D eigenvalue weighted by molar-refractivity contribution is -0.140. The molecule has 2 atom stereocenters. The van der Waals surface area contributed by atoms with Gasteiger partial charge >= 0.3 is 12.4 Å². The van der Waals surface area contributed by atoms with E-state index in [2.05, 4.69) is 5.32 Å². The fraction of sp³-hybridized carbons (Fsp3) is 0.304. The highest BCUT2D eigenvalue weighted by molar-refractivity contribution is 7.99. The first-order valence-corrected chi connectivity index (χ1v) is 12.7. The molecule has 2 aromatic rings. The van der Waals surface area contributed by atoms with Crippen LogP contribution in [0.5, 0.6) is 0 Å². The van der Waals surface area contributed by atoms with Crippen LogP contribution in [-0.2, 0) is 11.0 Å². The predicted molar refractivity (Wildman–Crippen MR) is 134 cm³/mol. The first kappa shape index (κ1) is 31.1. The lowest BCUT2D eigenvalue weighted by Gasteiger charge is -2.24. The third-order valence-electron chi connectivity index (χ3n) is 5.10. The van der Waals surface area contributed by atoms with Crippen LogP contribution in [0.15, 0.2) is 30.3 Å². The zero-order valence-corrected chi connectivity index (χ0v) is 22.1. The van der Waals surface area contributed by atoms with Crippen molar-refractivity contribution in [3.05, 3.63) is 73.2 Å². The number of hydrogen-bond donors (Lipinski definition) is 2. The van der Waals surface area contributed by atoms with E-state index in [1.807, 2.05) is 0 Å². The molecule has 0 aliphatic rings. The number of nitrogens with one attached hydrogen (secondary N) is 1. The summed E-state index contributed by atoms with van der Waals surface area (Å²) < 4.78 is 84.2. The van der Waals surface area contributed by atoms with Crippen LogP contribution in [0.2, 0.25) is 15.1 Å². The summed E-state index contributed by atoms with van der Waals surface area (Å²) in [6.07, 6.45) is -6.98. The Labute approximate surface area is 227 Å². The van der Waals surface area contributed by atoms with Gasteiger partial charge in [-0.1, -0.05) is 53.0 Å². The van der Waals surface area contributed by atoms with Crippen LogP contribution in [0.1, 0.15) is 51.5 Å². The number of rotatable bonds is 8. The van der Waals surface area contributed by atoms with E-state index in [9.17, 15) is 35.9 Å². The van der Waals surface area contributed by atoms with Gasteiger partial charge in [0, 0.05) is 0 Å². The highest BCUT2D eigenvalue weighted by Crippen LogP contribution is 2.43. The van der Waals surface area contributed by atoms with E-state index in [0.717, 1.165) is 42.1 Å². The average molecular weight is 608 g/mol. The second kappa shape index (κ2) is 12.2. The van der Waals surface area contributed by atoms with Gasteiger partial charge in [-0.15, -0.1) is 0 Å². The van der Waals surface area contributed by atoms with Crippen molar-refractivity contribution < 1.29 is 35.9 Å². The summed E-state index contributed by atoms with van der Waals surface area (Å²) in [6.45, 7) is 1.21. The van der Waals surface area contributed by atoms with Gasteiger partial charge in [0.1, 0.15) is 0 Å². The SMILES string of the molecule is CSCC(=O)N[C@@H](C)c1c(/C=C/C(c2cc(Cl)c(Cl)c(Cl)c2)C(F)(F)F)ccc(C(N)=O)c1C(F)(F)F. The standard InChI is InChI=1S/C23H19Cl3F6N2O2S/c1-10(34-17(35)9-37-2)18-11(3-5-13(21(33)36)19(18)23(30,31)32)4-6-14(22(27,28)29)12-7-15(24)20(26)16(25)8-12/h3-8,10,14H,9H2,1-2H3,(H2,33,36)(H,34,35)/b6-4+/t10-,14?/m0/s1. The van der Waals surface area contributed by atoms with Gasteiger partial charge < -0.3 is 11.1 Å². The van der Waals surface area contributed by atoms with Crippen molar-refractivity contribution in [2.24, 2.45) is 5.73 Å². The number of primary amides is 1. The van der Waals surface area contributed by atoms with Crippen molar-refractivity contribution >= 4 is 64.5 Å². The molecule has 4 nitrogen and oxygen atoms in total. The number of alkyl halides is 6. The van der Waals surface area contributed by atoms with Gasteiger partial charge in [0.2, 0.25) is 11.8 Å². The van der Waals surface area contributed by atoms with Crippen molar-refractivity contribution in [1.82, 2.24) is 5.32 Å². The van der Waals surface area contributed by atoms with Crippen LogP contribution in [0, 0.1) is 0 Å². The summed E-state index contributed by atoms with van der Waals surface area (Å²) in [5, 5.41) is 1.71. The van der Waals surface area contributed by atoms with Crippen molar-refractivity contribution in [2.75, 3.05) is 12.0 Å². The zero-order valence-electron chi connectivity index (χ0n) is 19.0. The molecule has 202 valence electrons. The van der Waals surface area contributed by atoms with E-state index in [1.54, 1.807) is 6.26 Å². The van der Waals surface area contributed by atoms with Crippen LogP contribution in [-0.4, -0.2) is 30.0 Å². The summed E-state index contributed by atoms with van der Waals surface area (Å²) in [6, 6.07) is 2.33. The van der Waals surface area contributed by atoms with Gasteiger partial charge in [-0.3, -0.25) is 9.59 Å². The van der Waals surface area contributed by atoms with E-state index in [1.165, 1.54) is 6.92 Å². The van der Waals surface area contributed by atoms with E-state index in [4.69, 9.17) is 40.5 Å². The summed E-state index contributed by atoms with van der Waals surface area (Å²) in [7, 11) is 0. The molecule has 37 heavy (non-hydrogen) atoms. The predicted octanol–water partition coefficient (Wildman–Crippen LogP) is 7.66. The number of nitrogens with two attached hydrogens (primary N) is 1. The molecule has 14 heteroatoms. The largest absolute Gasteiger partial charge is 0.417 e. The van der Waals surface area contributed by atoms with Gasteiger partial charge in [-0.2, -0.15) is 38.1 Å². The van der Waals surface area contributed by atoms with E-state index < -0.39 is 58.4 Å². The molecule has 0 spiro atoms. The molecule has 3 N–H and O–H groups in total. The molecule has 0 aliphatic carbocycles. The molecular weight excluding hydrogens is 589 g/mol. The second-order valence-electron chi connectivity index (χ2n) is 7.75. The first-order chi connectivity index (χ1) is 17.0. The van der Waals surface area contributed by atoms with Gasteiger partial charge in [-0.05, 0) is 48.1 Å². The number of carbonyl (C=O) groups is 2. The maximum atomic E-state index is 14.1. The molecule has 0 bridgehead atoms. The summed E-state index contributed by atoms with van der Waals surface area (Å²) in [5.41, 5.74) is 1.44. The van der Waals surface area contributed by atoms with Crippen LogP contribution < -0.4 is 11.1 Å². The van der Waals surface area contributed by atoms with Gasteiger partial charge in [-0.25, -0.2) is 0 Å². The molecule has 2 aromatic carbocycles. The minimum absolute atomic E-state index is 0.0827. The Morgan fingerprint density at radius 1 is 1.08 bits per heavy atom. The minimum Gasteiger partial charge on any atom is -0.366 e. The lowest BCUT2D eigenvalue weighted by atomic mass is 9.89. The molecule has 0 fully saturated rings. The third-order valence-corrected chi connectivity index (χ3v) is 6.85. The number of carbonyl (C=O) groups excluding carboxylic acids is 2. The number of amides is 2. The molecule has 2 amide bonds. The van der Waals surface area contributed by atoms with Crippen LogP contribution in [0.3, 0.4) is 0 Å². The average Bonchev–Trinajstić information content (AvgIpc) is 2.75. The summed E-state index contributed by atoms with van der Waals surface area (Å²) >= 11 is 18.7. The highest BCUT2D eigenvalue weighted by atomic mass is 35.5. The van der Waals surface area contributed by atoms with E-state index in [-0.39, 0.29) is 26.4 Å². The third kappa shape index (κ3) is 7.72. The maximum Gasteiger partial charge on any atom is 0.417 e. The highest BCUT2D eigenvalue weighted by Gasteiger charge is 2.41. The Hall–Kier alpha value is -2.08. The van der Waals surface area contributed by atoms with E-state index >= 15 is 0 Å². The molecule has 0 saturated carbocycles. The van der Waals surface area contributed by atoms with Gasteiger partial charge in [0.15, 0.2) is 0 Å². The van der Waals surface area contributed by atoms with Crippen LogP contribution >= 0.6 is 46.6 Å². The molecule has 0 radical (unpaired) electrons. The van der Waals surface area contributed by atoms with Crippen molar-refractivity contribution in [3.63, 3.8) is 0 Å². The smallest absolute Gasteiger partial charge is 0.366 e. The summed E-state index contributed by atoms with van der Waals surface area (Å²) in [5.74, 6) is -4.43. The Bertz CT molecular complexity index is 1200. The number of thioether (sulfide) groups is 1. The second-order valence-corrected chi connectivity index (χ2v) is 9.81. The van der Waals surface area contributed by atoms with Gasteiger partial charge in [0.05, 0.1) is 43.9 Å². The zero-order chi connectivity index (χ0) is 28.3. The Morgan fingerprint density at radius 2 is 1.65 bits per heavy atom. The number of benzene rings is 2. The Morgan fingerprint density at radius 3 is 2.11 bits per heavy atom. The van der Waals surface area contributed by atoms with Crippen molar-refractivity contribution in [3.8, 4) is 0 Å². The molecule has 0 aromatic heterocycles. The normalized spacial score (nSPS) is 14.0. The van der Waals surface area contributed by atoms with Crippen LogP contribution in [0.25, 0.3) is 6.08 Å². The molecular formula is C23H19Cl3F6N2O2S. The number of allylic oxidation sites excluding steroid dienone is 1. The monoisotopic (exact) mass is 606 g/mol. The topological polar surface area (TPSA) is 72.2 Å². The first-order valence-electron chi connectivity index (χ1n) is 10.2. The van der Waals surface area contributed by atoms with Gasteiger partial charge in [0.25, 0.3) is 0 Å². The number of halogens is 9. The molecule has 1 unspecified atom stereocenters. The fourth-order valence-electron chi connectivity index (χ4n) is 3.61.